The summed E-state index contributed by atoms with van der Waals surface area (Å²) in [6, 6.07) is 11.8. The highest BCUT2D eigenvalue weighted by Crippen LogP contribution is 2.24. The van der Waals surface area contributed by atoms with Gasteiger partial charge >= 0.3 is 5.69 Å². The summed E-state index contributed by atoms with van der Waals surface area (Å²) in [5.74, 6) is 0.0556. The van der Waals surface area contributed by atoms with Gasteiger partial charge < -0.3 is 14.4 Å². The van der Waals surface area contributed by atoms with E-state index in [4.69, 9.17) is 16.3 Å². The number of ketones is 1. The third kappa shape index (κ3) is 5.90. The zero-order valence-electron chi connectivity index (χ0n) is 19.3. The number of nitrogens with one attached hydrogen (secondary N) is 1. The van der Waals surface area contributed by atoms with Gasteiger partial charge in [0.2, 0.25) is 0 Å². The molecule has 0 fully saturated rings. The lowest BCUT2D eigenvalue weighted by Gasteiger charge is -2.15. The molecule has 0 aliphatic rings. The molecule has 2 aromatic carbocycles. The Morgan fingerprint density at radius 1 is 1.22 bits per heavy atom. The lowest BCUT2D eigenvalue weighted by Crippen LogP contribution is -2.30. The number of aliphatic hydroxyl groups is 1. The minimum atomic E-state index is -1.07. The molecule has 2 aromatic heterocycles. The quantitative estimate of drug-likeness (QED) is 0.132. The Kier molecular flexibility index (Phi) is 7.76. The maximum atomic E-state index is 12.7. The molecule has 0 saturated carbocycles. The van der Waals surface area contributed by atoms with Crippen LogP contribution in [-0.2, 0) is 13.6 Å². The number of ether oxygens (including phenoxy) is 1. The van der Waals surface area contributed by atoms with Gasteiger partial charge in [-0.05, 0) is 36.4 Å². The molecular weight excluding hydrogens is 526 g/mol. The van der Waals surface area contributed by atoms with Crippen molar-refractivity contribution in [2.75, 3.05) is 12.4 Å². The first-order valence-electron chi connectivity index (χ1n) is 10.8. The number of nitrogens with zero attached hydrogens (tertiary/aromatic N) is 4. The molecular formula is C23H20ClN5O7S. The Morgan fingerprint density at radius 3 is 2.54 bits per heavy atom. The van der Waals surface area contributed by atoms with Gasteiger partial charge in [0.1, 0.15) is 18.5 Å². The van der Waals surface area contributed by atoms with Crippen molar-refractivity contribution in [3.8, 4) is 5.75 Å². The fourth-order valence-corrected chi connectivity index (χ4v) is 4.49. The molecule has 0 bridgehead atoms. The fraction of sp³-hybridized carbons (Fsp3) is 0.217. The summed E-state index contributed by atoms with van der Waals surface area (Å²) in [4.78, 5) is 54.3. The number of rotatable bonds is 10. The second-order valence-electron chi connectivity index (χ2n) is 7.93. The standard InChI is InChI=1S/C23H20ClN5O7S/c1-27-20-19(21(32)26-22(27)33)28(10-16(30)11-36-17-8-4-14(24)5-9-17)23(25-20)37-12-18(31)13-2-6-15(7-3-13)29(34)35/h2-9,16,30H,10-12H2,1H3,(H,26,32,33)/t16-/m1/s1. The second kappa shape index (κ2) is 11.0. The summed E-state index contributed by atoms with van der Waals surface area (Å²) < 4.78 is 8.17. The van der Waals surface area contributed by atoms with Gasteiger partial charge in [0.15, 0.2) is 22.1 Å². The first-order chi connectivity index (χ1) is 17.6. The first-order valence-corrected chi connectivity index (χ1v) is 12.2. The summed E-state index contributed by atoms with van der Waals surface area (Å²) in [7, 11) is 1.44. The van der Waals surface area contributed by atoms with Gasteiger partial charge in [0.05, 0.1) is 17.2 Å². The molecule has 0 aliphatic carbocycles. The molecule has 192 valence electrons. The number of aromatic nitrogens is 4. The maximum absolute atomic E-state index is 12.7. The number of imidazole rings is 1. The van der Waals surface area contributed by atoms with E-state index >= 15 is 0 Å². The average Bonchev–Trinajstić information content (AvgIpc) is 3.24. The van der Waals surface area contributed by atoms with E-state index < -0.39 is 22.3 Å². The van der Waals surface area contributed by atoms with Crippen molar-refractivity contribution in [1.29, 1.82) is 0 Å². The maximum Gasteiger partial charge on any atom is 0.329 e. The van der Waals surface area contributed by atoms with Crippen LogP contribution in [0.1, 0.15) is 10.4 Å². The molecule has 0 saturated heterocycles. The number of halogens is 1. The van der Waals surface area contributed by atoms with Gasteiger partial charge in [0.25, 0.3) is 11.2 Å². The molecule has 37 heavy (non-hydrogen) atoms. The van der Waals surface area contributed by atoms with E-state index in [0.717, 1.165) is 16.3 Å². The first kappa shape index (κ1) is 26.1. The van der Waals surface area contributed by atoms with Crippen LogP contribution in [0.5, 0.6) is 5.75 Å². The number of non-ortho nitro benzene ring substituents is 1. The summed E-state index contributed by atoms with van der Waals surface area (Å²) in [5, 5.41) is 22.3. The number of benzene rings is 2. The number of H-pyrrole nitrogens is 1. The molecule has 1 atom stereocenters. The predicted molar refractivity (Wildman–Crippen MR) is 137 cm³/mol. The number of fused-ring (bicyclic) bond motifs is 1. The van der Waals surface area contributed by atoms with E-state index in [1.165, 1.54) is 35.9 Å². The SMILES string of the molecule is Cn1c(=O)[nH]c(=O)c2c1nc(SCC(=O)c1ccc([N+](=O)[O-])cc1)n2C[C@@H](O)COc1ccc(Cl)cc1. The van der Waals surface area contributed by atoms with Crippen LogP contribution in [0.3, 0.4) is 0 Å². The highest BCUT2D eigenvalue weighted by Gasteiger charge is 2.21. The van der Waals surface area contributed by atoms with Gasteiger partial charge in [-0.2, -0.15) is 0 Å². The molecule has 0 radical (unpaired) electrons. The Labute approximate surface area is 217 Å². The number of aliphatic hydroxyl groups excluding tert-OH is 1. The van der Waals surface area contributed by atoms with E-state index in [9.17, 15) is 29.6 Å². The van der Waals surface area contributed by atoms with Crippen LogP contribution in [0.2, 0.25) is 5.02 Å². The van der Waals surface area contributed by atoms with Crippen molar-refractivity contribution in [3.63, 3.8) is 0 Å². The third-order valence-corrected chi connectivity index (χ3v) is 6.58. The monoisotopic (exact) mass is 545 g/mol. The van der Waals surface area contributed by atoms with Crippen molar-refractivity contribution in [1.82, 2.24) is 19.1 Å². The smallest absolute Gasteiger partial charge is 0.329 e. The number of carbonyl (C=O) groups is 1. The van der Waals surface area contributed by atoms with E-state index in [0.29, 0.717) is 10.8 Å². The summed E-state index contributed by atoms with van der Waals surface area (Å²) in [5.41, 5.74) is -1.08. The molecule has 2 N–H and O–H groups in total. The number of aryl methyl sites for hydroxylation is 1. The van der Waals surface area contributed by atoms with Crippen LogP contribution in [0, 0.1) is 10.1 Å². The minimum absolute atomic E-state index is 0.0536. The lowest BCUT2D eigenvalue weighted by molar-refractivity contribution is -0.384. The molecule has 14 heteroatoms. The topological polar surface area (TPSA) is 162 Å². The molecule has 12 nitrogen and oxygen atoms in total. The summed E-state index contributed by atoms with van der Waals surface area (Å²) >= 11 is 6.87. The number of nitro groups is 1. The van der Waals surface area contributed by atoms with Crippen molar-refractivity contribution < 1.29 is 19.6 Å². The predicted octanol–water partition coefficient (Wildman–Crippen LogP) is 2.40. The normalized spacial score (nSPS) is 12.0. The second-order valence-corrected chi connectivity index (χ2v) is 9.31. The average molecular weight is 546 g/mol. The van der Waals surface area contributed by atoms with Crippen LogP contribution in [0.25, 0.3) is 11.2 Å². The van der Waals surface area contributed by atoms with Gasteiger partial charge in [-0.1, -0.05) is 23.4 Å². The largest absolute Gasteiger partial charge is 0.491 e. The Morgan fingerprint density at radius 2 is 1.89 bits per heavy atom. The lowest BCUT2D eigenvalue weighted by atomic mass is 10.1. The molecule has 4 rings (SSSR count). The molecule has 0 aliphatic heterocycles. The highest BCUT2D eigenvalue weighted by molar-refractivity contribution is 7.99. The Bertz CT molecular complexity index is 1580. The zero-order valence-corrected chi connectivity index (χ0v) is 20.9. The van der Waals surface area contributed by atoms with Gasteiger partial charge in [0, 0.05) is 29.8 Å². The fourth-order valence-electron chi connectivity index (χ4n) is 3.46. The van der Waals surface area contributed by atoms with Crippen molar-refractivity contribution in [3.05, 3.63) is 90.1 Å². The van der Waals surface area contributed by atoms with E-state index in [-0.39, 0.29) is 52.3 Å². The van der Waals surface area contributed by atoms with Crippen molar-refractivity contribution >= 4 is 46.0 Å². The van der Waals surface area contributed by atoms with Gasteiger partial charge in [-0.3, -0.25) is 29.3 Å². The summed E-state index contributed by atoms with van der Waals surface area (Å²) in [6.45, 7) is -0.226. The van der Waals surface area contributed by atoms with Crippen LogP contribution >= 0.6 is 23.4 Å². The molecule has 0 spiro atoms. The molecule has 0 amide bonds. The molecule has 0 unspecified atom stereocenters. The van der Waals surface area contributed by atoms with Crippen LogP contribution in [-0.4, -0.2) is 53.4 Å². The number of Topliss-reactive ketones (excluding diaryl/α,β-unsaturated/α-hetero) is 1. The van der Waals surface area contributed by atoms with Crippen molar-refractivity contribution in [2.45, 2.75) is 17.8 Å². The number of carbonyl (C=O) groups excluding carboxylic acids is 1. The number of aromatic amines is 1. The summed E-state index contributed by atoms with van der Waals surface area (Å²) in [6.07, 6.45) is -1.07. The molecule has 4 aromatic rings. The Hall–Kier alpha value is -3.94. The van der Waals surface area contributed by atoms with Crippen LogP contribution < -0.4 is 16.0 Å². The van der Waals surface area contributed by atoms with Crippen LogP contribution in [0.15, 0.2) is 63.3 Å². The van der Waals surface area contributed by atoms with Crippen LogP contribution in [0.4, 0.5) is 5.69 Å². The minimum Gasteiger partial charge on any atom is -0.491 e. The molecule has 2 heterocycles. The Balaban J connectivity index is 1.57. The van der Waals surface area contributed by atoms with Gasteiger partial charge in [-0.15, -0.1) is 0 Å². The highest BCUT2D eigenvalue weighted by atomic mass is 35.5. The third-order valence-electron chi connectivity index (χ3n) is 5.35. The number of hydrogen-bond acceptors (Lipinski definition) is 9. The number of thioether (sulfide) groups is 1. The van der Waals surface area contributed by atoms with Crippen molar-refractivity contribution in [2.24, 2.45) is 7.05 Å². The van der Waals surface area contributed by atoms with E-state index in [1.54, 1.807) is 24.3 Å². The van der Waals surface area contributed by atoms with E-state index in [2.05, 4.69) is 9.97 Å². The number of nitro benzene ring substituents is 1. The van der Waals surface area contributed by atoms with Gasteiger partial charge in [-0.25, -0.2) is 9.78 Å². The zero-order chi connectivity index (χ0) is 26.7. The van der Waals surface area contributed by atoms with E-state index in [1.807, 2.05) is 0 Å². The number of hydrogen-bond donors (Lipinski definition) is 2.